The highest BCUT2D eigenvalue weighted by Crippen LogP contribution is 2.55. The van der Waals surface area contributed by atoms with Gasteiger partial charge in [-0.1, -0.05) is 15.9 Å². The van der Waals surface area contributed by atoms with Gasteiger partial charge in [0.1, 0.15) is 0 Å². The summed E-state index contributed by atoms with van der Waals surface area (Å²) in [5.74, 6) is 2.42. The lowest BCUT2D eigenvalue weighted by Crippen LogP contribution is -2.60. The number of halogens is 1. The molecule has 1 aromatic carbocycles. The quantitative estimate of drug-likeness (QED) is 0.786. The Labute approximate surface area is 157 Å². The van der Waals surface area contributed by atoms with Crippen LogP contribution in [0.25, 0.3) is 0 Å². The fourth-order valence-corrected chi connectivity index (χ4v) is 5.88. The first-order valence-corrected chi connectivity index (χ1v) is 10.2. The second kappa shape index (κ2) is 6.75. The summed E-state index contributed by atoms with van der Waals surface area (Å²) in [5, 5.41) is 6.19. The summed E-state index contributed by atoms with van der Waals surface area (Å²) in [6, 6.07) is 7.23. The molecular formula is C20H25BrN2O2. The normalized spacial score (nSPS) is 32.4. The van der Waals surface area contributed by atoms with Crippen LogP contribution in [0.15, 0.2) is 28.7 Å². The molecule has 0 aromatic heterocycles. The van der Waals surface area contributed by atoms with Crippen LogP contribution >= 0.6 is 15.9 Å². The molecule has 25 heavy (non-hydrogen) atoms. The molecule has 4 fully saturated rings. The van der Waals surface area contributed by atoms with Crippen LogP contribution in [-0.4, -0.2) is 23.9 Å². The number of hydrogen-bond donors (Lipinski definition) is 2. The number of rotatable bonds is 5. The van der Waals surface area contributed by atoms with Crippen molar-refractivity contribution in [2.24, 2.45) is 17.8 Å². The van der Waals surface area contributed by atoms with E-state index in [0.717, 1.165) is 41.5 Å². The van der Waals surface area contributed by atoms with Gasteiger partial charge in [0, 0.05) is 28.5 Å². The average Bonchev–Trinajstić information content (AvgIpc) is 2.53. The predicted octanol–water partition coefficient (Wildman–Crippen LogP) is 3.65. The topological polar surface area (TPSA) is 58.2 Å². The summed E-state index contributed by atoms with van der Waals surface area (Å²) in [5.41, 5.74) is 0.673. The van der Waals surface area contributed by atoms with Crippen molar-refractivity contribution in [1.82, 2.24) is 10.6 Å². The minimum Gasteiger partial charge on any atom is -0.352 e. The minimum absolute atomic E-state index is 0.0571. The Morgan fingerprint density at radius 1 is 1.00 bits per heavy atom. The maximum Gasteiger partial charge on any atom is 0.251 e. The van der Waals surface area contributed by atoms with Crippen LogP contribution < -0.4 is 10.6 Å². The van der Waals surface area contributed by atoms with Crippen LogP contribution in [0.5, 0.6) is 0 Å². The third-order valence-corrected chi connectivity index (χ3v) is 6.72. The largest absolute Gasteiger partial charge is 0.352 e. The zero-order chi connectivity index (χ0) is 17.4. The van der Waals surface area contributed by atoms with Gasteiger partial charge in [0.05, 0.1) is 0 Å². The molecule has 5 rings (SSSR count). The molecule has 2 amide bonds. The van der Waals surface area contributed by atoms with E-state index >= 15 is 0 Å². The fraction of sp³-hybridized carbons (Fsp3) is 0.600. The molecule has 2 N–H and O–H groups in total. The molecule has 0 spiro atoms. The number of carbonyl (C=O) groups is 2. The molecule has 134 valence electrons. The zero-order valence-electron chi connectivity index (χ0n) is 14.4. The van der Waals surface area contributed by atoms with Crippen molar-refractivity contribution in [1.29, 1.82) is 0 Å². The number of amides is 2. The molecule has 4 aliphatic carbocycles. The van der Waals surface area contributed by atoms with E-state index in [1.165, 1.54) is 19.3 Å². The second-order valence-electron chi connectivity index (χ2n) is 8.26. The highest BCUT2D eigenvalue weighted by Gasteiger charge is 2.51. The number of benzene rings is 1. The molecule has 0 atom stereocenters. The molecule has 0 heterocycles. The van der Waals surface area contributed by atoms with Gasteiger partial charge in [-0.05, 0) is 80.5 Å². The Hall–Kier alpha value is -1.36. The molecule has 4 bridgehead atoms. The molecule has 4 aliphatic rings. The number of carbonyl (C=O) groups excluding carboxylic acids is 2. The summed E-state index contributed by atoms with van der Waals surface area (Å²) in [6.45, 7) is 0.382. The van der Waals surface area contributed by atoms with Gasteiger partial charge in [0.2, 0.25) is 5.91 Å². The van der Waals surface area contributed by atoms with Crippen molar-refractivity contribution < 1.29 is 9.59 Å². The van der Waals surface area contributed by atoms with Gasteiger partial charge in [-0.2, -0.15) is 0 Å². The molecule has 5 heteroatoms. The van der Waals surface area contributed by atoms with Gasteiger partial charge in [-0.25, -0.2) is 0 Å². The van der Waals surface area contributed by atoms with E-state index in [1.54, 1.807) is 12.1 Å². The van der Waals surface area contributed by atoms with Crippen molar-refractivity contribution in [3.8, 4) is 0 Å². The van der Waals surface area contributed by atoms with E-state index in [1.807, 2.05) is 12.1 Å². The first-order valence-electron chi connectivity index (χ1n) is 9.36. The maximum absolute atomic E-state index is 12.4. The molecule has 0 radical (unpaired) electrons. The van der Waals surface area contributed by atoms with Gasteiger partial charge in [0.25, 0.3) is 5.91 Å². The summed E-state index contributed by atoms with van der Waals surface area (Å²) in [7, 11) is 0. The maximum atomic E-state index is 12.4. The van der Waals surface area contributed by atoms with Crippen LogP contribution in [0.1, 0.15) is 55.3 Å². The fourth-order valence-electron chi connectivity index (χ4n) is 5.61. The Balaban J connectivity index is 1.26. The van der Waals surface area contributed by atoms with Crippen molar-refractivity contribution >= 4 is 27.7 Å². The molecule has 1 aromatic rings. The van der Waals surface area contributed by atoms with Crippen molar-refractivity contribution in [3.05, 3.63) is 34.3 Å². The highest BCUT2D eigenvalue weighted by molar-refractivity contribution is 9.10. The first kappa shape index (κ1) is 17.1. The number of hydrogen-bond acceptors (Lipinski definition) is 2. The molecule has 4 saturated carbocycles. The summed E-state index contributed by atoms with van der Waals surface area (Å²) < 4.78 is 0.944. The monoisotopic (exact) mass is 404 g/mol. The predicted molar refractivity (Wildman–Crippen MR) is 100 cm³/mol. The van der Waals surface area contributed by atoms with E-state index in [0.29, 0.717) is 18.5 Å². The standard InChI is InChI=1S/C20H25BrN2O2/c21-17-3-1-16(2-4-17)19(25)22-6-5-18(24)23-20-10-13-7-14(11-20)9-15(8-13)12-20/h1-4,13-15H,5-12H2,(H,22,25)(H,23,24). The van der Waals surface area contributed by atoms with E-state index in [-0.39, 0.29) is 17.4 Å². The smallest absolute Gasteiger partial charge is 0.251 e. The molecular weight excluding hydrogens is 380 g/mol. The summed E-state index contributed by atoms with van der Waals surface area (Å²) in [6.07, 6.45) is 7.96. The summed E-state index contributed by atoms with van der Waals surface area (Å²) in [4.78, 5) is 24.5. The Morgan fingerprint density at radius 2 is 1.56 bits per heavy atom. The van der Waals surface area contributed by atoms with Crippen LogP contribution in [0.3, 0.4) is 0 Å². The molecule has 0 aliphatic heterocycles. The lowest BCUT2D eigenvalue weighted by molar-refractivity contribution is -0.126. The van der Waals surface area contributed by atoms with Crippen molar-refractivity contribution in [2.75, 3.05) is 6.54 Å². The summed E-state index contributed by atoms with van der Waals surface area (Å²) >= 11 is 3.36. The Morgan fingerprint density at radius 3 is 2.12 bits per heavy atom. The van der Waals surface area contributed by atoms with Gasteiger partial charge in [0.15, 0.2) is 0 Å². The average molecular weight is 405 g/mol. The number of nitrogens with one attached hydrogen (secondary N) is 2. The second-order valence-corrected chi connectivity index (χ2v) is 9.17. The SMILES string of the molecule is O=C(CCNC(=O)c1ccc(Br)cc1)NC12CC3CC(CC(C3)C1)C2. The van der Waals surface area contributed by atoms with Crippen LogP contribution in [0.4, 0.5) is 0 Å². The molecule has 0 unspecified atom stereocenters. The van der Waals surface area contributed by atoms with Gasteiger partial charge >= 0.3 is 0 Å². The van der Waals surface area contributed by atoms with Crippen LogP contribution in [-0.2, 0) is 4.79 Å². The lowest BCUT2D eigenvalue weighted by Gasteiger charge is -2.56. The van der Waals surface area contributed by atoms with E-state index < -0.39 is 0 Å². The van der Waals surface area contributed by atoms with Crippen LogP contribution in [0.2, 0.25) is 0 Å². The zero-order valence-corrected chi connectivity index (χ0v) is 16.0. The van der Waals surface area contributed by atoms with Gasteiger partial charge in [-0.3, -0.25) is 9.59 Å². The Kier molecular flexibility index (Phi) is 4.61. The lowest BCUT2D eigenvalue weighted by atomic mass is 9.53. The minimum atomic E-state index is -0.130. The van der Waals surface area contributed by atoms with Crippen LogP contribution in [0, 0.1) is 17.8 Å². The third-order valence-electron chi connectivity index (χ3n) is 6.19. The first-order chi connectivity index (χ1) is 12.0. The van der Waals surface area contributed by atoms with Gasteiger partial charge < -0.3 is 10.6 Å². The van der Waals surface area contributed by atoms with Gasteiger partial charge in [-0.15, -0.1) is 0 Å². The molecule has 0 saturated heterocycles. The Bertz CT molecular complexity index is 635. The third kappa shape index (κ3) is 3.76. The van der Waals surface area contributed by atoms with Crippen molar-refractivity contribution in [2.45, 2.75) is 50.5 Å². The van der Waals surface area contributed by atoms with E-state index in [4.69, 9.17) is 0 Å². The van der Waals surface area contributed by atoms with Crippen molar-refractivity contribution in [3.63, 3.8) is 0 Å². The van der Waals surface area contributed by atoms with E-state index in [9.17, 15) is 9.59 Å². The highest BCUT2D eigenvalue weighted by atomic mass is 79.9. The molecule has 4 nitrogen and oxygen atoms in total. The van der Waals surface area contributed by atoms with E-state index in [2.05, 4.69) is 26.6 Å².